The average molecular weight is 209 g/mol. The monoisotopic (exact) mass is 209 g/mol. The van der Waals surface area contributed by atoms with Crippen LogP contribution in [0.5, 0.6) is 0 Å². The van der Waals surface area contributed by atoms with Crippen LogP contribution in [0, 0.1) is 0 Å². The molecular weight excluding hydrogens is 197 g/mol. The van der Waals surface area contributed by atoms with Crippen molar-refractivity contribution in [2.75, 3.05) is 6.61 Å². The van der Waals surface area contributed by atoms with Crippen LogP contribution in [0.1, 0.15) is 41.2 Å². The molecule has 0 aliphatic heterocycles. The minimum Gasteiger partial charge on any atom is -0.461 e. The second-order valence-electron chi connectivity index (χ2n) is 3.45. The van der Waals surface area contributed by atoms with Gasteiger partial charge in [0.15, 0.2) is 13.5 Å². The molecule has 0 N–H and O–H groups in total. The van der Waals surface area contributed by atoms with E-state index in [1.165, 1.54) is 12.8 Å². The molecule has 1 aliphatic rings. The number of aromatic nitrogens is 1. The number of carbonyl (C=O) groups excluding carboxylic acids is 1. The van der Waals surface area contributed by atoms with Crippen molar-refractivity contribution in [1.82, 2.24) is 4.98 Å². The number of esters is 1. The molecule has 1 fully saturated rings. The van der Waals surface area contributed by atoms with E-state index in [2.05, 4.69) is 4.98 Å². The summed E-state index contributed by atoms with van der Waals surface area (Å²) in [4.78, 5) is 15.8. The molecule has 5 heteroatoms. The molecular formula is C9H12BNO2S. The minimum absolute atomic E-state index is 0.284. The first-order chi connectivity index (χ1) is 6.72. The van der Waals surface area contributed by atoms with E-state index in [0.29, 0.717) is 18.2 Å². The number of hydrogen-bond donors (Lipinski definition) is 0. The molecule has 1 heterocycles. The third kappa shape index (κ3) is 1.82. The molecule has 0 aromatic carbocycles. The fourth-order valence-corrected chi connectivity index (χ4v) is 2.39. The van der Waals surface area contributed by atoms with Gasteiger partial charge in [-0.2, -0.15) is 0 Å². The fourth-order valence-electron chi connectivity index (χ4n) is 1.31. The van der Waals surface area contributed by atoms with Crippen molar-refractivity contribution in [3.63, 3.8) is 0 Å². The maximum absolute atomic E-state index is 11.4. The summed E-state index contributed by atoms with van der Waals surface area (Å²) < 4.78 is 5.90. The molecule has 14 heavy (non-hydrogen) atoms. The van der Waals surface area contributed by atoms with Gasteiger partial charge in [-0.05, 0) is 24.5 Å². The van der Waals surface area contributed by atoms with Crippen LogP contribution in [-0.4, -0.2) is 25.4 Å². The van der Waals surface area contributed by atoms with Crippen LogP contribution in [0.2, 0.25) is 0 Å². The molecule has 0 unspecified atom stereocenters. The van der Waals surface area contributed by atoms with E-state index in [1.807, 2.05) is 7.85 Å². The lowest BCUT2D eigenvalue weighted by molar-refractivity contribution is 0.0522. The Morgan fingerprint density at radius 3 is 3.00 bits per heavy atom. The summed E-state index contributed by atoms with van der Waals surface area (Å²) in [5.41, 5.74) is 0.513. The van der Waals surface area contributed by atoms with E-state index in [1.54, 1.807) is 18.3 Å². The predicted octanol–water partition coefficient (Wildman–Crippen LogP) is 0.456. The summed E-state index contributed by atoms with van der Waals surface area (Å²) in [6, 6.07) is 0. The van der Waals surface area contributed by atoms with Gasteiger partial charge in [-0.15, -0.1) is 11.3 Å². The Bertz CT molecular complexity index is 360. The van der Waals surface area contributed by atoms with Crippen molar-refractivity contribution < 1.29 is 9.53 Å². The van der Waals surface area contributed by atoms with Crippen molar-refractivity contribution in [3.8, 4) is 0 Å². The Kier molecular flexibility index (Phi) is 2.59. The first-order valence-corrected chi connectivity index (χ1v) is 5.68. The standard InChI is InChI=1S/C9H12BNO2S/c1-2-13-9(12)6-7(10)14-8(11-6)5-3-4-5/h5H,2-4,10H2,1H3. The molecule has 2 rings (SSSR count). The highest BCUT2D eigenvalue weighted by Gasteiger charge is 2.29. The molecule has 0 spiro atoms. The first kappa shape index (κ1) is 9.71. The normalized spacial score (nSPS) is 15.5. The third-order valence-electron chi connectivity index (χ3n) is 2.21. The van der Waals surface area contributed by atoms with Crippen molar-refractivity contribution >= 4 is 29.9 Å². The molecule has 1 aromatic rings. The Balaban J connectivity index is 2.19. The highest BCUT2D eigenvalue weighted by Crippen LogP contribution is 2.40. The van der Waals surface area contributed by atoms with Crippen LogP contribution in [0.25, 0.3) is 0 Å². The van der Waals surface area contributed by atoms with E-state index in [9.17, 15) is 4.79 Å². The van der Waals surface area contributed by atoms with Gasteiger partial charge < -0.3 is 4.74 Å². The summed E-state index contributed by atoms with van der Waals surface area (Å²) >= 11 is 1.63. The lowest BCUT2D eigenvalue weighted by atomic mass is 10.1. The molecule has 3 nitrogen and oxygen atoms in total. The second-order valence-corrected chi connectivity index (χ2v) is 4.69. The molecule has 0 saturated heterocycles. The Labute approximate surface area is 87.9 Å². The first-order valence-electron chi connectivity index (χ1n) is 4.86. The van der Waals surface area contributed by atoms with E-state index >= 15 is 0 Å². The Morgan fingerprint density at radius 1 is 1.71 bits per heavy atom. The lowest BCUT2D eigenvalue weighted by Gasteiger charge is -1.97. The van der Waals surface area contributed by atoms with Crippen LogP contribution in [-0.2, 0) is 4.74 Å². The third-order valence-corrected chi connectivity index (χ3v) is 3.34. The van der Waals surface area contributed by atoms with Crippen molar-refractivity contribution in [2.45, 2.75) is 25.7 Å². The van der Waals surface area contributed by atoms with E-state index in [4.69, 9.17) is 4.74 Å². The zero-order valence-electron chi connectivity index (χ0n) is 8.37. The van der Waals surface area contributed by atoms with E-state index in [0.717, 1.165) is 9.78 Å². The number of carbonyl (C=O) groups is 1. The Morgan fingerprint density at radius 2 is 2.43 bits per heavy atom. The number of hydrogen-bond acceptors (Lipinski definition) is 4. The van der Waals surface area contributed by atoms with Gasteiger partial charge >= 0.3 is 5.97 Å². The summed E-state index contributed by atoms with van der Waals surface area (Å²) in [6.07, 6.45) is 2.43. The maximum atomic E-state index is 11.4. The SMILES string of the molecule is Bc1sc(C2CC2)nc1C(=O)OCC. The van der Waals surface area contributed by atoms with Crippen LogP contribution in [0.4, 0.5) is 0 Å². The maximum Gasteiger partial charge on any atom is 0.357 e. The molecule has 0 amide bonds. The van der Waals surface area contributed by atoms with Gasteiger partial charge in [0.05, 0.1) is 11.6 Å². The molecule has 1 aliphatic carbocycles. The Hall–Kier alpha value is -0.835. The van der Waals surface area contributed by atoms with Crippen LogP contribution in [0.3, 0.4) is 0 Å². The van der Waals surface area contributed by atoms with E-state index in [-0.39, 0.29) is 5.97 Å². The minimum atomic E-state index is -0.284. The molecule has 1 saturated carbocycles. The molecule has 0 bridgehead atoms. The molecule has 1 aromatic heterocycles. The molecule has 0 atom stereocenters. The number of ether oxygens (including phenoxy) is 1. The van der Waals surface area contributed by atoms with Crippen LogP contribution < -0.4 is 4.78 Å². The fraction of sp³-hybridized carbons (Fsp3) is 0.556. The summed E-state index contributed by atoms with van der Waals surface area (Å²) in [6.45, 7) is 2.22. The predicted molar refractivity (Wildman–Crippen MR) is 58.2 cm³/mol. The van der Waals surface area contributed by atoms with Gasteiger partial charge in [0, 0.05) is 5.92 Å². The molecule has 74 valence electrons. The van der Waals surface area contributed by atoms with Crippen molar-refractivity contribution in [2.24, 2.45) is 0 Å². The van der Waals surface area contributed by atoms with Crippen LogP contribution in [0.15, 0.2) is 0 Å². The number of rotatable bonds is 3. The van der Waals surface area contributed by atoms with Gasteiger partial charge in [-0.3, -0.25) is 0 Å². The second kappa shape index (κ2) is 3.73. The zero-order chi connectivity index (χ0) is 10.1. The highest BCUT2D eigenvalue weighted by atomic mass is 32.1. The topological polar surface area (TPSA) is 39.2 Å². The number of thiazole rings is 1. The summed E-state index contributed by atoms with van der Waals surface area (Å²) in [5, 5.41) is 1.10. The van der Waals surface area contributed by atoms with Crippen LogP contribution >= 0.6 is 11.3 Å². The van der Waals surface area contributed by atoms with E-state index < -0.39 is 0 Å². The summed E-state index contributed by atoms with van der Waals surface area (Å²) in [7, 11) is 1.93. The van der Waals surface area contributed by atoms with Gasteiger partial charge in [0.25, 0.3) is 0 Å². The quantitative estimate of drug-likeness (QED) is 0.536. The highest BCUT2D eigenvalue weighted by molar-refractivity contribution is 7.20. The van der Waals surface area contributed by atoms with Gasteiger partial charge in [0.1, 0.15) is 0 Å². The van der Waals surface area contributed by atoms with Gasteiger partial charge in [-0.25, -0.2) is 9.78 Å². The lowest BCUT2D eigenvalue weighted by Crippen LogP contribution is -2.15. The zero-order valence-corrected chi connectivity index (χ0v) is 9.19. The van der Waals surface area contributed by atoms with Gasteiger partial charge in [-0.1, -0.05) is 0 Å². The summed E-state index contributed by atoms with van der Waals surface area (Å²) in [5.74, 6) is 0.329. The van der Waals surface area contributed by atoms with Crippen molar-refractivity contribution in [3.05, 3.63) is 10.7 Å². The largest absolute Gasteiger partial charge is 0.461 e. The average Bonchev–Trinajstić information content (AvgIpc) is 2.91. The molecule has 0 radical (unpaired) electrons. The van der Waals surface area contributed by atoms with Crippen molar-refractivity contribution in [1.29, 1.82) is 0 Å². The van der Waals surface area contributed by atoms with Gasteiger partial charge in [0.2, 0.25) is 0 Å². The number of nitrogens with zero attached hydrogens (tertiary/aromatic N) is 1. The smallest absolute Gasteiger partial charge is 0.357 e.